The highest BCUT2D eigenvalue weighted by atomic mass is 14.8. The third kappa shape index (κ3) is 2.98. The third-order valence-corrected chi connectivity index (χ3v) is 5.86. The number of fused-ring (bicyclic) bond motifs is 2. The van der Waals surface area contributed by atoms with Crippen LogP contribution in [0.4, 0.5) is 11.4 Å². The van der Waals surface area contributed by atoms with E-state index in [9.17, 15) is 0 Å². The predicted molar refractivity (Wildman–Crippen MR) is 131 cm³/mol. The van der Waals surface area contributed by atoms with Crippen LogP contribution in [-0.2, 0) is 0 Å². The topological polar surface area (TPSA) is 24.1 Å². The van der Waals surface area contributed by atoms with Crippen LogP contribution in [-0.4, -0.2) is 14.1 Å². The Labute approximate surface area is 177 Å². The number of anilines is 2. The van der Waals surface area contributed by atoms with Gasteiger partial charge in [-0.1, -0.05) is 72.8 Å². The first kappa shape index (κ1) is 18.3. The first-order valence-electron chi connectivity index (χ1n) is 10.3. The maximum Gasteiger partial charge on any atom is 0.0337 e. The van der Waals surface area contributed by atoms with E-state index in [0.717, 1.165) is 11.4 Å². The molecule has 5 rings (SSSR count). The van der Waals surface area contributed by atoms with Crippen LogP contribution in [0.1, 0.15) is 0 Å². The molecule has 0 spiro atoms. The van der Waals surface area contributed by atoms with E-state index in [1.165, 1.54) is 43.8 Å². The van der Waals surface area contributed by atoms with Gasteiger partial charge in [-0.3, -0.25) is 0 Å². The van der Waals surface area contributed by atoms with Crippen LogP contribution in [0.3, 0.4) is 0 Å². The van der Waals surface area contributed by atoms with Crippen LogP contribution in [0.5, 0.6) is 0 Å². The molecule has 0 aromatic heterocycles. The Morgan fingerprint density at radius 3 is 0.967 bits per heavy atom. The summed E-state index contributed by atoms with van der Waals surface area (Å²) < 4.78 is 0. The van der Waals surface area contributed by atoms with Crippen molar-refractivity contribution in [3.05, 3.63) is 97.1 Å². The smallest absolute Gasteiger partial charge is 0.0337 e. The lowest BCUT2D eigenvalue weighted by Crippen LogP contribution is -1.92. The van der Waals surface area contributed by atoms with Crippen LogP contribution in [0.25, 0.3) is 43.8 Å². The molecule has 0 bridgehead atoms. The molecule has 0 aliphatic carbocycles. The van der Waals surface area contributed by atoms with Crippen molar-refractivity contribution in [1.29, 1.82) is 0 Å². The second-order valence-electron chi connectivity index (χ2n) is 7.50. The summed E-state index contributed by atoms with van der Waals surface area (Å²) >= 11 is 0. The fraction of sp³-hybridized carbons (Fsp3) is 0.0714. The van der Waals surface area contributed by atoms with E-state index in [4.69, 9.17) is 0 Å². The Balaban J connectivity index is 1.88. The Hall–Kier alpha value is -3.78. The molecule has 0 aliphatic heterocycles. The average molecular weight is 389 g/mol. The van der Waals surface area contributed by atoms with Crippen LogP contribution < -0.4 is 10.6 Å². The van der Waals surface area contributed by atoms with Gasteiger partial charge in [-0.2, -0.15) is 0 Å². The van der Waals surface area contributed by atoms with Crippen molar-refractivity contribution in [3.8, 4) is 22.3 Å². The molecule has 0 heterocycles. The fourth-order valence-electron chi connectivity index (χ4n) is 4.36. The normalized spacial score (nSPS) is 11.0. The van der Waals surface area contributed by atoms with Gasteiger partial charge in [0.2, 0.25) is 0 Å². The van der Waals surface area contributed by atoms with E-state index >= 15 is 0 Å². The lowest BCUT2D eigenvalue weighted by Gasteiger charge is -2.18. The molecule has 2 heteroatoms. The van der Waals surface area contributed by atoms with Gasteiger partial charge in [0.15, 0.2) is 0 Å². The monoisotopic (exact) mass is 388 g/mol. The highest BCUT2D eigenvalue weighted by Gasteiger charge is 2.16. The van der Waals surface area contributed by atoms with E-state index in [1.54, 1.807) is 0 Å². The molecular weight excluding hydrogens is 364 g/mol. The van der Waals surface area contributed by atoms with Crippen molar-refractivity contribution < 1.29 is 0 Å². The molecule has 0 aliphatic rings. The summed E-state index contributed by atoms with van der Waals surface area (Å²) in [6, 6.07) is 34.9. The van der Waals surface area contributed by atoms with Gasteiger partial charge in [0, 0.05) is 25.5 Å². The second kappa shape index (κ2) is 7.57. The molecule has 0 fully saturated rings. The fourth-order valence-corrected chi connectivity index (χ4v) is 4.36. The molecular formula is C28H24N2. The highest BCUT2D eigenvalue weighted by molar-refractivity contribution is 6.21. The third-order valence-electron chi connectivity index (χ3n) is 5.86. The largest absolute Gasteiger partial charge is 0.388 e. The molecule has 0 radical (unpaired) electrons. The molecule has 0 saturated carbocycles. The summed E-state index contributed by atoms with van der Waals surface area (Å²) in [5, 5.41) is 11.5. The van der Waals surface area contributed by atoms with Crippen LogP contribution in [0, 0.1) is 0 Å². The molecule has 0 unspecified atom stereocenters. The Morgan fingerprint density at radius 1 is 0.400 bits per heavy atom. The van der Waals surface area contributed by atoms with E-state index < -0.39 is 0 Å². The number of hydrogen-bond acceptors (Lipinski definition) is 2. The highest BCUT2D eigenvalue weighted by Crippen LogP contribution is 2.43. The Kier molecular flexibility index (Phi) is 4.61. The lowest BCUT2D eigenvalue weighted by atomic mass is 9.86. The summed E-state index contributed by atoms with van der Waals surface area (Å²) in [7, 11) is 3.90. The Bertz CT molecular complexity index is 1170. The molecule has 146 valence electrons. The van der Waals surface area contributed by atoms with Gasteiger partial charge in [0.1, 0.15) is 0 Å². The molecule has 30 heavy (non-hydrogen) atoms. The number of benzene rings is 5. The number of nitrogens with one attached hydrogen (secondary N) is 2. The average Bonchev–Trinajstić information content (AvgIpc) is 2.82. The van der Waals surface area contributed by atoms with Gasteiger partial charge < -0.3 is 10.6 Å². The molecule has 0 atom stereocenters. The van der Waals surface area contributed by atoms with Crippen LogP contribution >= 0.6 is 0 Å². The van der Waals surface area contributed by atoms with Crippen molar-refractivity contribution in [2.75, 3.05) is 24.7 Å². The number of rotatable bonds is 4. The van der Waals surface area contributed by atoms with Gasteiger partial charge >= 0.3 is 0 Å². The zero-order valence-corrected chi connectivity index (χ0v) is 17.2. The first-order valence-corrected chi connectivity index (χ1v) is 10.3. The van der Waals surface area contributed by atoms with Gasteiger partial charge in [-0.05, 0) is 68.1 Å². The summed E-state index contributed by atoms with van der Waals surface area (Å²) in [6.45, 7) is 0. The lowest BCUT2D eigenvalue weighted by molar-refractivity contribution is 1.51. The molecule has 5 aromatic carbocycles. The molecule has 2 N–H and O–H groups in total. The van der Waals surface area contributed by atoms with Crippen molar-refractivity contribution in [3.63, 3.8) is 0 Å². The van der Waals surface area contributed by atoms with Crippen LogP contribution in [0.15, 0.2) is 97.1 Å². The van der Waals surface area contributed by atoms with Gasteiger partial charge in [0.25, 0.3) is 0 Å². The van der Waals surface area contributed by atoms with Gasteiger partial charge in [0.05, 0.1) is 0 Å². The molecule has 0 amide bonds. The first-order chi connectivity index (χ1) is 14.8. The van der Waals surface area contributed by atoms with E-state index in [-0.39, 0.29) is 0 Å². The molecule has 2 nitrogen and oxygen atoms in total. The minimum absolute atomic E-state index is 1.12. The van der Waals surface area contributed by atoms with Crippen molar-refractivity contribution in [2.45, 2.75) is 0 Å². The standard InChI is InChI=1S/C28H24N2/c1-29-21-15-11-19(12-16-21)27-23-7-3-5-9-25(23)28(26-10-6-4-8-24(26)27)20-13-17-22(30-2)18-14-20/h3-18,29-30H,1-2H3. The minimum Gasteiger partial charge on any atom is -0.388 e. The zero-order chi connectivity index (χ0) is 20.5. The summed E-state index contributed by atoms with van der Waals surface area (Å²) in [4.78, 5) is 0. The van der Waals surface area contributed by atoms with E-state index in [2.05, 4.69) is 108 Å². The van der Waals surface area contributed by atoms with Crippen LogP contribution in [0.2, 0.25) is 0 Å². The van der Waals surface area contributed by atoms with Gasteiger partial charge in [-0.25, -0.2) is 0 Å². The summed E-state index contributed by atoms with van der Waals surface area (Å²) in [5.41, 5.74) is 7.29. The van der Waals surface area contributed by atoms with Crippen molar-refractivity contribution >= 4 is 32.9 Å². The molecule has 5 aromatic rings. The summed E-state index contributed by atoms with van der Waals surface area (Å²) in [5.74, 6) is 0. The zero-order valence-electron chi connectivity index (χ0n) is 17.2. The van der Waals surface area contributed by atoms with Crippen molar-refractivity contribution in [1.82, 2.24) is 0 Å². The van der Waals surface area contributed by atoms with Crippen molar-refractivity contribution in [2.24, 2.45) is 0 Å². The second-order valence-corrected chi connectivity index (χ2v) is 7.50. The number of hydrogen-bond donors (Lipinski definition) is 2. The quantitative estimate of drug-likeness (QED) is 0.313. The van der Waals surface area contributed by atoms with E-state index in [0.29, 0.717) is 0 Å². The predicted octanol–water partition coefficient (Wildman–Crippen LogP) is 7.41. The maximum absolute atomic E-state index is 3.21. The van der Waals surface area contributed by atoms with E-state index in [1.807, 2.05) is 14.1 Å². The summed E-state index contributed by atoms with van der Waals surface area (Å²) in [6.07, 6.45) is 0. The SMILES string of the molecule is CNc1ccc(-c2c3ccccc3c(-c3ccc(NC)cc3)c3ccccc23)cc1. The molecule has 0 saturated heterocycles. The minimum atomic E-state index is 1.12. The Morgan fingerprint density at radius 2 is 0.700 bits per heavy atom. The van der Waals surface area contributed by atoms with Gasteiger partial charge in [-0.15, -0.1) is 0 Å². The maximum atomic E-state index is 3.21.